The maximum absolute atomic E-state index is 14.9. The number of fused-ring (bicyclic) bond motifs is 1. The highest BCUT2D eigenvalue weighted by molar-refractivity contribution is 7.90. The van der Waals surface area contributed by atoms with Gasteiger partial charge in [-0.15, -0.1) is 0 Å². The van der Waals surface area contributed by atoms with Crippen LogP contribution in [0.5, 0.6) is 0 Å². The number of halogens is 2. The number of aryl methyl sites for hydroxylation is 1. The van der Waals surface area contributed by atoms with Crippen LogP contribution < -0.4 is 5.32 Å². The van der Waals surface area contributed by atoms with E-state index >= 15 is 0 Å². The Bertz CT molecular complexity index is 1710. The normalized spacial score (nSPS) is 19.9. The molecule has 2 unspecified atom stereocenters. The fraction of sp³-hybridized carbons (Fsp3) is 0.357. The molecule has 1 saturated heterocycles. The zero-order valence-corrected chi connectivity index (χ0v) is 23.4. The van der Waals surface area contributed by atoms with Gasteiger partial charge in [0.2, 0.25) is 5.91 Å². The number of nitrogens with zero attached hydrogens (tertiary/aromatic N) is 5. The Balaban J connectivity index is 1.35. The van der Waals surface area contributed by atoms with Crippen LogP contribution in [0.25, 0.3) is 22.4 Å². The molecule has 12 heteroatoms. The zero-order valence-electron chi connectivity index (χ0n) is 21.8. The smallest absolute Gasteiger partial charge is 0.269 e. The monoisotopic (exact) mass is 582 g/mol. The predicted octanol–water partition coefficient (Wildman–Crippen LogP) is 5.18. The molecular weight excluding hydrogens is 555 g/mol. The van der Waals surface area contributed by atoms with Crippen LogP contribution in [-0.4, -0.2) is 56.8 Å². The summed E-state index contributed by atoms with van der Waals surface area (Å²) in [4.78, 5) is 27.3. The summed E-state index contributed by atoms with van der Waals surface area (Å²) >= 11 is 6.24. The van der Waals surface area contributed by atoms with Crippen molar-refractivity contribution < 1.29 is 17.6 Å². The highest BCUT2D eigenvalue weighted by atomic mass is 35.5. The predicted molar refractivity (Wildman–Crippen MR) is 150 cm³/mol. The largest absolute Gasteiger partial charge is 0.365 e. The molecule has 1 N–H and O–H groups in total. The van der Waals surface area contributed by atoms with Gasteiger partial charge in [-0.3, -0.25) is 4.79 Å². The van der Waals surface area contributed by atoms with E-state index in [1.807, 2.05) is 11.8 Å². The van der Waals surface area contributed by atoms with Gasteiger partial charge in [0.15, 0.2) is 23.1 Å². The molecule has 4 aromatic rings. The Kier molecular flexibility index (Phi) is 6.95. The first-order valence-electron chi connectivity index (χ1n) is 13.3. The lowest BCUT2D eigenvalue weighted by molar-refractivity contribution is -0.130. The molecule has 0 radical (unpaired) electrons. The van der Waals surface area contributed by atoms with Gasteiger partial charge in [0, 0.05) is 48.4 Å². The standard InChI is InChI=1S/C28H28ClFN6O3S/c1-17-7-9-21(10-8-17)40(38,39)36-16-23(22-12-18(29)14-32-28(22)36)26-31-15-24(30)27(34-26)33-19-4-2-5-20(13-19)35-11-3-6-25(35)37/h7-10,12,14-16,19-20H,2-6,11,13H2,1H3,(H,31,33,34). The van der Waals surface area contributed by atoms with Crippen molar-refractivity contribution in [2.45, 2.75) is 62.4 Å². The van der Waals surface area contributed by atoms with Gasteiger partial charge in [-0.25, -0.2) is 31.7 Å². The summed E-state index contributed by atoms with van der Waals surface area (Å²) in [5, 5.41) is 3.96. The summed E-state index contributed by atoms with van der Waals surface area (Å²) < 4.78 is 43.2. The molecule has 0 spiro atoms. The van der Waals surface area contributed by atoms with Crippen LogP contribution >= 0.6 is 11.6 Å². The number of hydrogen-bond acceptors (Lipinski definition) is 7. The molecule has 2 fully saturated rings. The summed E-state index contributed by atoms with van der Waals surface area (Å²) in [7, 11) is -4.01. The average Bonchev–Trinajstić information content (AvgIpc) is 3.54. The van der Waals surface area contributed by atoms with Gasteiger partial charge in [-0.1, -0.05) is 29.3 Å². The van der Waals surface area contributed by atoms with Crippen LogP contribution in [0.1, 0.15) is 44.1 Å². The number of amides is 1. The van der Waals surface area contributed by atoms with Gasteiger partial charge in [-0.05, 0) is 57.2 Å². The minimum atomic E-state index is -4.01. The zero-order chi connectivity index (χ0) is 28.0. The summed E-state index contributed by atoms with van der Waals surface area (Å²) in [6, 6.07) is 8.18. The van der Waals surface area contributed by atoms with E-state index in [1.54, 1.807) is 18.2 Å². The van der Waals surface area contributed by atoms with Crippen LogP contribution in [0.15, 0.2) is 53.8 Å². The van der Waals surface area contributed by atoms with E-state index in [2.05, 4.69) is 20.3 Å². The number of anilines is 1. The Morgan fingerprint density at radius 3 is 2.65 bits per heavy atom. The number of carbonyl (C=O) groups is 1. The molecule has 4 heterocycles. The van der Waals surface area contributed by atoms with Crippen molar-refractivity contribution in [2.24, 2.45) is 0 Å². The summed E-state index contributed by atoms with van der Waals surface area (Å²) in [5.41, 5.74) is 1.44. The van der Waals surface area contributed by atoms with Gasteiger partial charge >= 0.3 is 0 Å². The van der Waals surface area contributed by atoms with E-state index < -0.39 is 15.8 Å². The quantitative estimate of drug-likeness (QED) is 0.334. The molecule has 3 aromatic heterocycles. The van der Waals surface area contributed by atoms with Crippen molar-refractivity contribution in [1.82, 2.24) is 23.8 Å². The minimum Gasteiger partial charge on any atom is -0.365 e. The number of nitrogens with one attached hydrogen (secondary N) is 1. The Morgan fingerprint density at radius 2 is 1.90 bits per heavy atom. The fourth-order valence-electron chi connectivity index (χ4n) is 5.66. The first-order chi connectivity index (χ1) is 19.2. The van der Waals surface area contributed by atoms with Crippen molar-refractivity contribution in [3.8, 4) is 11.4 Å². The topological polar surface area (TPSA) is 110 Å². The Hall–Kier alpha value is -3.57. The minimum absolute atomic E-state index is 0.0284. The molecular formula is C28H28ClFN6O3S. The van der Waals surface area contributed by atoms with Crippen LogP contribution in [0.4, 0.5) is 10.2 Å². The number of benzene rings is 1. The second kappa shape index (κ2) is 10.4. The highest BCUT2D eigenvalue weighted by Crippen LogP contribution is 2.34. The fourth-order valence-corrected chi connectivity index (χ4v) is 7.15. The first kappa shape index (κ1) is 26.6. The molecule has 1 aromatic carbocycles. The van der Waals surface area contributed by atoms with Gasteiger partial charge in [0.25, 0.3) is 10.0 Å². The van der Waals surface area contributed by atoms with Crippen LogP contribution in [0.3, 0.4) is 0 Å². The number of aromatic nitrogens is 4. The molecule has 208 valence electrons. The maximum atomic E-state index is 14.9. The lowest BCUT2D eigenvalue weighted by Gasteiger charge is -2.35. The SMILES string of the molecule is Cc1ccc(S(=O)(=O)n2cc(-c3ncc(F)c(NC4CCCC(N5CCCC5=O)C4)n3)c3cc(Cl)cnc32)cc1. The average molecular weight is 583 g/mol. The molecule has 1 amide bonds. The molecule has 6 rings (SSSR count). The molecule has 1 saturated carbocycles. The second-order valence-corrected chi connectivity index (χ2v) is 12.7. The van der Waals surface area contributed by atoms with Gasteiger partial charge in [0.1, 0.15) is 0 Å². The number of likely N-dealkylation sites (tertiary alicyclic amines) is 1. The molecule has 0 bridgehead atoms. The van der Waals surface area contributed by atoms with Crippen LogP contribution in [-0.2, 0) is 14.8 Å². The third-order valence-electron chi connectivity index (χ3n) is 7.68. The summed E-state index contributed by atoms with van der Waals surface area (Å²) in [6.07, 6.45) is 8.69. The number of pyridine rings is 1. The summed E-state index contributed by atoms with van der Waals surface area (Å²) in [5.74, 6) is -0.265. The van der Waals surface area contributed by atoms with E-state index in [4.69, 9.17) is 11.6 Å². The first-order valence-corrected chi connectivity index (χ1v) is 15.1. The van der Waals surface area contributed by atoms with Crippen LogP contribution in [0, 0.1) is 12.7 Å². The van der Waals surface area contributed by atoms with E-state index in [0.29, 0.717) is 28.8 Å². The third kappa shape index (κ3) is 4.92. The van der Waals surface area contributed by atoms with E-state index in [9.17, 15) is 17.6 Å². The van der Waals surface area contributed by atoms with E-state index in [1.165, 1.54) is 24.5 Å². The Morgan fingerprint density at radius 1 is 1.10 bits per heavy atom. The lowest BCUT2D eigenvalue weighted by Crippen LogP contribution is -2.42. The number of carbonyl (C=O) groups excluding carboxylic acids is 1. The molecule has 40 heavy (non-hydrogen) atoms. The number of rotatable bonds is 6. The number of hydrogen-bond donors (Lipinski definition) is 1. The van der Waals surface area contributed by atoms with Gasteiger partial charge < -0.3 is 10.2 Å². The van der Waals surface area contributed by atoms with Crippen LogP contribution in [0.2, 0.25) is 5.02 Å². The van der Waals surface area contributed by atoms with Gasteiger partial charge in [-0.2, -0.15) is 0 Å². The van der Waals surface area contributed by atoms with Crippen molar-refractivity contribution in [3.63, 3.8) is 0 Å². The molecule has 2 aliphatic rings. The third-order valence-corrected chi connectivity index (χ3v) is 9.55. The van der Waals surface area contributed by atoms with Crippen molar-refractivity contribution in [2.75, 3.05) is 11.9 Å². The van der Waals surface area contributed by atoms with Crippen molar-refractivity contribution in [1.29, 1.82) is 0 Å². The summed E-state index contributed by atoms with van der Waals surface area (Å²) in [6.45, 7) is 2.65. The molecule has 1 aliphatic carbocycles. The second-order valence-electron chi connectivity index (χ2n) is 10.4. The van der Waals surface area contributed by atoms with Crippen molar-refractivity contribution in [3.05, 3.63) is 65.3 Å². The lowest BCUT2D eigenvalue weighted by atomic mass is 9.90. The molecule has 2 atom stereocenters. The Labute approximate surface area is 236 Å². The highest BCUT2D eigenvalue weighted by Gasteiger charge is 2.32. The molecule has 9 nitrogen and oxygen atoms in total. The maximum Gasteiger partial charge on any atom is 0.269 e. The van der Waals surface area contributed by atoms with E-state index in [0.717, 1.165) is 48.0 Å². The van der Waals surface area contributed by atoms with E-state index in [-0.39, 0.29) is 40.2 Å². The van der Waals surface area contributed by atoms with Gasteiger partial charge in [0.05, 0.1) is 16.1 Å². The van der Waals surface area contributed by atoms with Crippen molar-refractivity contribution >= 4 is 44.4 Å². The molecule has 1 aliphatic heterocycles.